The van der Waals surface area contributed by atoms with Gasteiger partial charge in [0.2, 0.25) is 0 Å². The van der Waals surface area contributed by atoms with Crippen molar-refractivity contribution in [3.05, 3.63) is 62.8 Å². The number of furan rings is 1. The molecule has 4 rings (SSSR count). The molecule has 1 amide bonds. The summed E-state index contributed by atoms with van der Waals surface area (Å²) in [4.78, 5) is 39.2. The van der Waals surface area contributed by atoms with E-state index in [1.54, 1.807) is 9.47 Å². The van der Waals surface area contributed by atoms with Gasteiger partial charge >= 0.3 is 11.6 Å². The molecule has 1 aliphatic rings. The largest absolute Gasteiger partial charge is 0.433 e. The number of H-pyrrole nitrogens is 1. The van der Waals surface area contributed by atoms with Crippen LogP contribution >= 0.6 is 0 Å². The highest BCUT2D eigenvalue weighted by Gasteiger charge is 2.28. The SMILES string of the molecule is O=C(c1ccc([N+](=O)[O-])o1)N1CCC(n2c(=O)[nH]c3ccccc32)CC1. The lowest BCUT2D eigenvalue weighted by Crippen LogP contribution is -2.40. The second-order valence-electron chi connectivity index (χ2n) is 6.24. The van der Waals surface area contributed by atoms with Crippen LogP contribution < -0.4 is 5.69 Å². The van der Waals surface area contributed by atoms with Crippen LogP contribution in [-0.4, -0.2) is 38.4 Å². The zero-order valence-corrected chi connectivity index (χ0v) is 13.8. The lowest BCUT2D eigenvalue weighted by atomic mass is 10.0. The third-order valence-electron chi connectivity index (χ3n) is 4.72. The number of fused-ring (bicyclic) bond motifs is 1. The van der Waals surface area contributed by atoms with E-state index in [0.717, 1.165) is 11.0 Å². The molecule has 134 valence electrons. The highest BCUT2D eigenvalue weighted by atomic mass is 16.6. The fourth-order valence-electron chi connectivity index (χ4n) is 3.46. The summed E-state index contributed by atoms with van der Waals surface area (Å²) in [5, 5.41) is 10.7. The molecule has 3 aromatic rings. The molecule has 1 saturated heterocycles. The summed E-state index contributed by atoms with van der Waals surface area (Å²) < 4.78 is 6.73. The van der Waals surface area contributed by atoms with Gasteiger partial charge < -0.3 is 14.3 Å². The minimum atomic E-state index is -0.674. The topological polar surface area (TPSA) is 114 Å². The average Bonchev–Trinajstić information content (AvgIpc) is 3.25. The summed E-state index contributed by atoms with van der Waals surface area (Å²) in [6.45, 7) is 0.897. The first-order valence-electron chi connectivity index (χ1n) is 8.27. The molecular weight excluding hydrogens is 340 g/mol. The Bertz CT molecular complexity index is 1040. The number of aromatic nitrogens is 2. The van der Waals surface area contributed by atoms with Crippen LogP contribution in [0.1, 0.15) is 29.4 Å². The van der Waals surface area contributed by atoms with Crippen LogP contribution in [0, 0.1) is 10.1 Å². The third-order valence-corrected chi connectivity index (χ3v) is 4.72. The first-order valence-corrected chi connectivity index (χ1v) is 8.27. The maximum atomic E-state index is 12.4. The quantitative estimate of drug-likeness (QED) is 0.571. The second-order valence-corrected chi connectivity index (χ2v) is 6.24. The summed E-state index contributed by atoms with van der Waals surface area (Å²) in [5.74, 6) is -0.865. The van der Waals surface area contributed by atoms with Crippen LogP contribution in [0.3, 0.4) is 0 Å². The van der Waals surface area contributed by atoms with Crippen molar-refractivity contribution in [1.29, 1.82) is 0 Å². The summed E-state index contributed by atoms with van der Waals surface area (Å²) >= 11 is 0. The summed E-state index contributed by atoms with van der Waals surface area (Å²) in [6, 6.07) is 9.99. The Labute approximate surface area is 147 Å². The maximum absolute atomic E-state index is 12.4. The van der Waals surface area contributed by atoms with Crippen molar-refractivity contribution in [2.75, 3.05) is 13.1 Å². The molecule has 9 nitrogen and oxygen atoms in total. The van der Waals surface area contributed by atoms with E-state index >= 15 is 0 Å². The number of amides is 1. The number of carbonyl (C=O) groups excluding carboxylic acids is 1. The van der Waals surface area contributed by atoms with E-state index in [0.29, 0.717) is 25.9 Å². The molecule has 0 saturated carbocycles. The number of benzene rings is 1. The Balaban J connectivity index is 1.50. The normalized spacial score (nSPS) is 15.5. The first kappa shape index (κ1) is 16.1. The number of likely N-dealkylation sites (tertiary alicyclic amines) is 1. The van der Waals surface area contributed by atoms with E-state index in [2.05, 4.69) is 4.98 Å². The predicted molar refractivity (Wildman–Crippen MR) is 92.1 cm³/mol. The van der Waals surface area contributed by atoms with Crippen molar-refractivity contribution in [2.45, 2.75) is 18.9 Å². The standard InChI is InChI=1S/C17H16N4O5/c22-16(14-5-6-15(26-14)21(24)25)19-9-7-11(8-10-19)20-13-4-2-1-3-12(13)18-17(20)23/h1-6,11H,7-10H2,(H,18,23). The van der Waals surface area contributed by atoms with Gasteiger partial charge in [-0.1, -0.05) is 12.1 Å². The number of nitrogens with zero attached hydrogens (tertiary/aromatic N) is 3. The molecule has 0 unspecified atom stereocenters. The number of imidazole rings is 1. The van der Waals surface area contributed by atoms with Gasteiger partial charge in [-0.3, -0.25) is 19.5 Å². The van der Waals surface area contributed by atoms with Crippen LogP contribution in [0.4, 0.5) is 5.88 Å². The lowest BCUT2D eigenvalue weighted by Gasteiger charge is -2.32. The van der Waals surface area contributed by atoms with Crippen molar-refractivity contribution in [2.24, 2.45) is 0 Å². The number of hydrogen-bond acceptors (Lipinski definition) is 5. The molecule has 1 fully saturated rings. The van der Waals surface area contributed by atoms with E-state index in [-0.39, 0.29) is 23.4 Å². The zero-order valence-electron chi connectivity index (χ0n) is 13.8. The molecule has 1 aromatic carbocycles. The molecular formula is C17H16N4O5. The third kappa shape index (κ3) is 2.67. The number of nitrogens with one attached hydrogen (secondary N) is 1. The van der Waals surface area contributed by atoms with E-state index in [4.69, 9.17) is 4.42 Å². The fourth-order valence-corrected chi connectivity index (χ4v) is 3.46. The molecule has 26 heavy (non-hydrogen) atoms. The minimum absolute atomic E-state index is 0.00589. The second kappa shape index (κ2) is 6.17. The van der Waals surface area contributed by atoms with Crippen LogP contribution in [0.25, 0.3) is 11.0 Å². The number of carbonyl (C=O) groups is 1. The zero-order chi connectivity index (χ0) is 18.3. The van der Waals surface area contributed by atoms with Crippen molar-refractivity contribution in [1.82, 2.24) is 14.5 Å². The van der Waals surface area contributed by atoms with Crippen molar-refractivity contribution < 1.29 is 14.1 Å². The Hall–Kier alpha value is -3.36. The molecule has 2 aromatic heterocycles. The van der Waals surface area contributed by atoms with Gasteiger partial charge in [-0.15, -0.1) is 0 Å². The van der Waals surface area contributed by atoms with Gasteiger partial charge in [0.1, 0.15) is 4.92 Å². The summed E-state index contributed by atoms with van der Waals surface area (Å²) in [5.41, 5.74) is 1.49. The highest BCUT2D eigenvalue weighted by molar-refractivity contribution is 5.91. The van der Waals surface area contributed by atoms with Gasteiger partial charge in [-0.25, -0.2) is 4.79 Å². The number of aromatic amines is 1. The van der Waals surface area contributed by atoms with Gasteiger partial charge in [0.15, 0.2) is 5.76 Å². The molecule has 1 aliphatic heterocycles. The van der Waals surface area contributed by atoms with E-state index in [1.165, 1.54) is 12.1 Å². The Kier molecular flexibility index (Phi) is 3.83. The number of nitro groups is 1. The monoisotopic (exact) mass is 356 g/mol. The van der Waals surface area contributed by atoms with Crippen LogP contribution in [0.2, 0.25) is 0 Å². The Morgan fingerprint density at radius 3 is 2.62 bits per heavy atom. The van der Waals surface area contributed by atoms with E-state index in [1.807, 2.05) is 24.3 Å². The van der Waals surface area contributed by atoms with Crippen molar-refractivity contribution in [3.63, 3.8) is 0 Å². The molecule has 0 bridgehead atoms. The summed E-state index contributed by atoms with van der Waals surface area (Å²) in [7, 11) is 0. The number of piperidine rings is 1. The van der Waals surface area contributed by atoms with Crippen LogP contribution in [0.15, 0.2) is 45.6 Å². The van der Waals surface area contributed by atoms with Gasteiger partial charge in [0, 0.05) is 19.1 Å². The maximum Gasteiger partial charge on any atom is 0.433 e. The van der Waals surface area contributed by atoms with Gasteiger partial charge in [-0.05, 0) is 31.0 Å². The Morgan fingerprint density at radius 2 is 1.92 bits per heavy atom. The molecule has 0 radical (unpaired) electrons. The number of hydrogen-bond donors (Lipinski definition) is 1. The van der Waals surface area contributed by atoms with Crippen LogP contribution in [0.5, 0.6) is 0 Å². The lowest BCUT2D eigenvalue weighted by molar-refractivity contribution is -0.402. The average molecular weight is 356 g/mol. The smallest absolute Gasteiger partial charge is 0.395 e. The van der Waals surface area contributed by atoms with Gasteiger partial charge in [0.25, 0.3) is 5.91 Å². The number of para-hydroxylation sites is 2. The highest BCUT2D eigenvalue weighted by Crippen LogP contribution is 2.26. The predicted octanol–water partition coefficient (Wildman–Crippen LogP) is 2.31. The molecule has 0 spiro atoms. The first-order chi connectivity index (χ1) is 12.5. The molecule has 0 atom stereocenters. The molecule has 1 N–H and O–H groups in total. The molecule has 0 aliphatic carbocycles. The Morgan fingerprint density at radius 1 is 1.19 bits per heavy atom. The van der Waals surface area contributed by atoms with Crippen molar-refractivity contribution in [3.8, 4) is 0 Å². The number of rotatable bonds is 3. The van der Waals surface area contributed by atoms with E-state index in [9.17, 15) is 19.7 Å². The fraction of sp³-hybridized carbons (Fsp3) is 0.294. The van der Waals surface area contributed by atoms with Crippen molar-refractivity contribution >= 4 is 22.8 Å². The van der Waals surface area contributed by atoms with Crippen LogP contribution in [-0.2, 0) is 0 Å². The van der Waals surface area contributed by atoms with E-state index < -0.39 is 10.8 Å². The molecule has 9 heteroatoms. The summed E-state index contributed by atoms with van der Waals surface area (Å²) in [6.07, 6.45) is 1.24. The minimum Gasteiger partial charge on any atom is -0.395 e. The van der Waals surface area contributed by atoms with Gasteiger partial charge in [-0.2, -0.15) is 0 Å². The van der Waals surface area contributed by atoms with Gasteiger partial charge in [0.05, 0.1) is 17.1 Å². The molecule has 3 heterocycles.